The van der Waals surface area contributed by atoms with Crippen LogP contribution in [0.25, 0.3) is 11.3 Å². The minimum absolute atomic E-state index is 0.0555. The lowest BCUT2D eigenvalue weighted by atomic mass is 10.0. The third-order valence-electron chi connectivity index (χ3n) is 5.20. The zero-order valence-corrected chi connectivity index (χ0v) is 17.9. The smallest absolute Gasteiger partial charge is 0.289 e. The van der Waals surface area contributed by atoms with Crippen LogP contribution in [0.5, 0.6) is 5.75 Å². The lowest BCUT2D eigenvalue weighted by molar-refractivity contribution is -0.120. The summed E-state index contributed by atoms with van der Waals surface area (Å²) in [5.41, 5.74) is 3.53. The molecule has 1 atom stereocenters. The molecular weight excluding hydrogens is 413 g/mol. The van der Waals surface area contributed by atoms with Gasteiger partial charge in [0.15, 0.2) is 11.6 Å². The Bertz CT molecular complexity index is 1200. The molecule has 0 bridgehead atoms. The van der Waals surface area contributed by atoms with E-state index in [4.69, 9.17) is 4.74 Å². The van der Waals surface area contributed by atoms with Crippen LogP contribution in [0.4, 0.5) is 10.2 Å². The predicted octanol–water partition coefficient (Wildman–Crippen LogP) is 2.70. The van der Waals surface area contributed by atoms with Gasteiger partial charge < -0.3 is 10.1 Å². The van der Waals surface area contributed by atoms with Crippen LogP contribution in [0.15, 0.2) is 42.7 Å². The van der Waals surface area contributed by atoms with E-state index < -0.39 is 23.7 Å². The normalized spacial score (nSPS) is 15.6. The number of anilines is 1. The molecule has 0 aliphatic carbocycles. The monoisotopic (exact) mass is 435 g/mol. The topological polar surface area (TPSA) is 97.3 Å². The molecule has 2 aromatic heterocycles. The van der Waals surface area contributed by atoms with Crippen molar-refractivity contribution >= 4 is 17.6 Å². The summed E-state index contributed by atoms with van der Waals surface area (Å²) in [5, 5.41) is 2.63. The van der Waals surface area contributed by atoms with Gasteiger partial charge in [0, 0.05) is 24.9 Å². The van der Waals surface area contributed by atoms with Gasteiger partial charge in [-0.2, -0.15) is 0 Å². The molecule has 1 N–H and O–H groups in total. The average molecular weight is 435 g/mol. The van der Waals surface area contributed by atoms with Crippen LogP contribution in [0, 0.1) is 12.7 Å². The van der Waals surface area contributed by atoms with Gasteiger partial charge in [-0.25, -0.2) is 19.3 Å². The van der Waals surface area contributed by atoms with Gasteiger partial charge in [0.2, 0.25) is 5.82 Å². The standard InChI is InChI=1S/C23H22FN5O3/c1-4-14-10-25-20(28-19(14)15-7-5-6-13(2)8-15)22(30)27-17-12-32-18-9-16(24)11-26-21(18)29(3)23(17)31/h5-11,17H,4,12H2,1-3H3,(H,27,30)/t17-/m0/s1. The maximum atomic E-state index is 13.5. The maximum Gasteiger partial charge on any atom is 0.289 e. The first-order chi connectivity index (χ1) is 15.4. The predicted molar refractivity (Wildman–Crippen MR) is 116 cm³/mol. The third-order valence-corrected chi connectivity index (χ3v) is 5.20. The zero-order chi connectivity index (χ0) is 22.8. The summed E-state index contributed by atoms with van der Waals surface area (Å²) in [6, 6.07) is 7.97. The Morgan fingerprint density at radius 1 is 1.28 bits per heavy atom. The van der Waals surface area contributed by atoms with E-state index in [1.807, 2.05) is 38.1 Å². The number of nitrogens with one attached hydrogen (secondary N) is 1. The summed E-state index contributed by atoms with van der Waals surface area (Å²) in [4.78, 5) is 39.6. The highest BCUT2D eigenvalue weighted by molar-refractivity contribution is 6.01. The number of likely N-dealkylation sites (N-methyl/N-ethyl adjacent to an activating group) is 1. The lowest BCUT2D eigenvalue weighted by Gasteiger charge is -2.19. The van der Waals surface area contributed by atoms with Crippen molar-refractivity contribution in [1.82, 2.24) is 20.3 Å². The van der Waals surface area contributed by atoms with Gasteiger partial charge in [0.25, 0.3) is 11.8 Å². The molecule has 4 rings (SSSR count). The van der Waals surface area contributed by atoms with Crippen LogP contribution in [0.2, 0.25) is 0 Å². The second-order valence-corrected chi connectivity index (χ2v) is 7.50. The second-order valence-electron chi connectivity index (χ2n) is 7.50. The van der Waals surface area contributed by atoms with E-state index in [-0.39, 0.29) is 24.0 Å². The molecule has 0 saturated heterocycles. The Morgan fingerprint density at radius 3 is 2.84 bits per heavy atom. The molecule has 0 unspecified atom stereocenters. The molecule has 32 heavy (non-hydrogen) atoms. The lowest BCUT2D eigenvalue weighted by Crippen LogP contribution is -2.49. The van der Waals surface area contributed by atoms with Crippen molar-refractivity contribution < 1.29 is 18.7 Å². The first-order valence-electron chi connectivity index (χ1n) is 10.2. The fraction of sp³-hybridized carbons (Fsp3) is 0.261. The minimum atomic E-state index is -1.01. The fourth-order valence-corrected chi connectivity index (χ4v) is 3.50. The van der Waals surface area contributed by atoms with E-state index in [0.717, 1.165) is 29.0 Å². The number of carbonyl (C=O) groups is 2. The van der Waals surface area contributed by atoms with E-state index in [2.05, 4.69) is 20.3 Å². The summed E-state index contributed by atoms with van der Waals surface area (Å²) in [6.45, 7) is 3.80. The number of amides is 2. The van der Waals surface area contributed by atoms with Crippen molar-refractivity contribution in [2.24, 2.45) is 0 Å². The highest BCUT2D eigenvalue weighted by Crippen LogP contribution is 2.28. The van der Waals surface area contributed by atoms with Crippen molar-refractivity contribution in [2.75, 3.05) is 18.6 Å². The molecule has 8 nitrogen and oxygen atoms in total. The van der Waals surface area contributed by atoms with Gasteiger partial charge in [-0.05, 0) is 25.0 Å². The fourth-order valence-electron chi connectivity index (χ4n) is 3.50. The Morgan fingerprint density at radius 2 is 2.09 bits per heavy atom. The van der Waals surface area contributed by atoms with Gasteiger partial charge in [-0.3, -0.25) is 14.5 Å². The Kier molecular flexibility index (Phi) is 5.81. The van der Waals surface area contributed by atoms with Crippen LogP contribution in [0.3, 0.4) is 0 Å². The Labute approximate surface area is 184 Å². The molecule has 1 aliphatic heterocycles. The van der Waals surface area contributed by atoms with E-state index in [0.29, 0.717) is 12.1 Å². The molecule has 3 aromatic rings. The summed E-state index contributed by atoms with van der Waals surface area (Å²) in [7, 11) is 1.49. The molecule has 3 heterocycles. The molecule has 1 aliphatic rings. The van der Waals surface area contributed by atoms with Crippen LogP contribution in [0.1, 0.15) is 28.7 Å². The maximum absolute atomic E-state index is 13.5. The van der Waals surface area contributed by atoms with Gasteiger partial charge >= 0.3 is 0 Å². The number of nitrogens with zero attached hydrogens (tertiary/aromatic N) is 4. The van der Waals surface area contributed by atoms with Gasteiger partial charge in [0.05, 0.1) is 11.9 Å². The number of aryl methyl sites for hydroxylation is 2. The van der Waals surface area contributed by atoms with E-state index >= 15 is 0 Å². The Balaban J connectivity index is 1.59. The van der Waals surface area contributed by atoms with Gasteiger partial charge in [0.1, 0.15) is 18.5 Å². The number of pyridine rings is 1. The first kappa shape index (κ1) is 21.4. The number of aromatic nitrogens is 3. The number of benzene rings is 1. The molecular formula is C23H22FN5O3. The quantitative estimate of drug-likeness (QED) is 0.677. The highest BCUT2D eigenvalue weighted by atomic mass is 19.1. The Hall–Kier alpha value is -3.88. The average Bonchev–Trinajstić information content (AvgIpc) is 2.90. The number of rotatable bonds is 4. The van der Waals surface area contributed by atoms with E-state index in [9.17, 15) is 14.0 Å². The molecule has 164 valence electrons. The summed E-state index contributed by atoms with van der Waals surface area (Å²) < 4.78 is 19.1. The molecule has 2 amide bonds. The number of carbonyl (C=O) groups excluding carboxylic acids is 2. The van der Waals surface area contributed by atoms with Crippen LogP contribution >= 0.6 is 0 Å². The molecule has 0 spiro atoms. The molecule has 0 saturated carbocycles. The number of halogens is 1. The van der Waals surface area contributed by atoms with Crippen LogP contribution < -0.4 is 15.0 Å². The summed E-state index contributed by atoms with van der Waals surface area (Å²) in [6.07, 6.45) is 3.33. The van der Waals surface area contributed by atoms with E-state index in [1.54, 1.807) is 6.20 Å². The van der Waals surface area contributed by atoms with Crippen molar-refractivity contribution in [2.45, 2.75) is 26.3 Å². The third kappa shape index (κ3) is 4.14. The largest absolute Gasteiger partial charge is 0.487 e. The molecule has 9 heteroatoms. The van der Waals surface area contributed by atoms with Gasteiger partial charge in [-0.1, -0.05) is 30.7 Å². The van der Waals surface area contributed by atoms with Crippen LogP contribution in [-0.4, -0.2) is 46.5 Å². The molecule has 0 fully saturated rings. The molecule has 0 radical (unpaired) electrons. The number of ether oxygens (including phenoxy) is 1. The van der Waals surface area contributed by atoms with Crippen molar-refractivity contribution in [3.05, 3.63) is 65.5 Å². The SMILES string of the molecule is CCc1cnc(C(=O)N[C@H]2COc3cc(F)cnc3N(C)C2=O)nc1-c1cccc(C)c1. The number of hydrogen-bond donors (Lipinski definition) is 1. The zero-order valence-electron chi connectivity index (χ0n) is 17.9. The highest BCUT2D eigenvalue weighted by Gasteiger charge is 2.32. The molecule has 1 aromatic carbocycles. The first-order valence-corrected chi connectivity index (χ1v) is 10.2. The summed E-state index contributed by atoms with van der Waals surface area (Å²) >= 11 is 0. The second kappa shape index (κ2) is 8.70. The van der Waals surface area contributed by atoms with E-state index in [1.165, 1.54) is 11.9 Å². The number of fused-ring (bicyclic) bond motifs is 1. The number of hydrogen-bond acceptors (Lipinski definition) is 6. The van der Waals surface area contributed by atoms with Crippen molar-refractivity contribution in [3.8, 4) is 17.0 Å². The van der Waals surface area contributed by atoms with Crippen molar-refractivity contribution in [1.29, 1.82) is 0 Å². The summed E-state index contributed by atoms with van der Waals surface area (Å²) in [5.74, 6) is -1.39. The van der Waals surface area contributed by atoms with Crippen LogP contribution in [-0.2, 0) is 11.2 Å². The van der Waals surface area contributed by atoms with Gasteiger partial charge in [-0.15, -0.1) is 0 Å². The minimum Gasteiger partial charge on any atom is -0.487 e. The van der Waals surface area contributed by atoms with Crippen molar-refractivity contribution in [3.63, 3.8) is 0 Å².